The summed E-state index contributed by atoms with van der Waals surface area (Å²) in [5, 5.41) is 2.89. The molecule has 16 heavy (non-hydrogen) atoms. The van der Waals surface area contributed by atoms with Gasteiger partial charge >= 0.3 is 0 Å². The molecule has 0 aliphatic rings. The van der Waals surface area contributed by atoms with Crippen LogP contribution in [0, 0.1) is 0 Å². The van der Waals surface area contributed by atoms with Crippen LogP contribution in [0.3, 0.4) is 0 Å². The zero-order valence-electron chi connectivity index (χ0n) is 11.2. The molecule has 0 aromatic carbocycles. The SMILES string of the molecule is CC(=O)NC(C)(C)CCOC(C)(C)CCN. The van der Waals surface area contributed by atoms with Crippen molar-refractivity contribution < 1.29 is 9.53 Å². The maximum absolute atomic E-state index is 11.0. The van der Waals surface area contributed by atoms with Crippen LogP contribution < -0.4 is 11.1 Å². The molecule has 0 rings (SSSR count). The van der Waals surface area contributed by atoms with Crippen molar-refractivity contribution in [1.29, 1.82) is 0 Å². The van der Waals surface area contributed by atoms with Gasteiger partial charge in [-0.3, -0.25) is 4.79 Å². The van der Waals surface area contributed by atoms with Gasteiger partial charge in [-0.15, -0.1) is 0 Å². The molecule has 0 atom stereocenters. The van der Waals surface area contributed by atoms with Gasteiger partial charge in [-0.1, -0.05) is 0 Å². The van der Waals surface area contributed by atoms with Gasteiger partial charge in [0.25, 0.3) is 0 Å². The number of ether oxygens (including phenoxy) is 1. The van der Waals surface area contributed by atoms with Crippen LogP contribution in [0.1, 0.15) is 47.5 Å². The van der Waals surface area contributed by atoms with E-state index in [0.717, 1.165) is 12.8 Å². The second-order valence-corrected chi connectivity index (χ2v) is 5.46. The first-order valence-corrected chi connectivity index (χ1v) is 5.81. The van der Waals surface area contributed by atoms with Gasteiger partial charge in [0.1, 0.15) is 0 Å². The highest BCUT2D eigenvalue weighted by molar-refractivity contribution is 5.73. The van der Waals surface area contributed by atoms with E-state index in [1.54, 1.807) is 0 Å². The first-order chi connectivity index (χ1) is 7.18. The standard InChI is InChI=1S/C12H26N2O2/c1-10(15)14-11(2,3)7-9-16-12(4,5)6-8-13/h6-9,13H2,1-5H3,(H,14,15). The van der Waals surface area contributed by atoms with Crippen molar-refractivity contribution in [3.05, 3.63) is 0 Å². The molecule has 0 fully saturated rings. The predicted octanol–water partition coefficient (Wildman–Crippen LogP) is 1.44. The summed E-state index contributed by atoms with van der Waals surface area (Å²) in [6, 6.07) is 0. The normalized spacial score (nSPS) is 12.6. The summed E-state index contributed by atoms with van der Waals surface area (Å²) in [5.74, 6) is -0.00813. The smallest absolute Gasteiger partial charge is 0.217 e. The van der Waals surface area contributed by atoms with Crippen molar-refractivity contribution in [2.45, 2.75) is 58.6 Å². The van der Waals surface area contributed by atoms with Crippen LogP contribution >= 0.6 is 0 Å². The molecular weight excluding hydrogens is 204 g/mol. The molecule has 3 N–H and O–H groups in total. The Morgan fingerprint density at radius 1 is 1.25 bits per heavy atom. The fraction of sp³-hybridized carbons (Fsp3) is 0.917. The van der Waals surface area contributed by atoms with Gasteiger partial charge in [-0.05, 0) is 47.1 Å². The highest BCUT2D eigenvalue weighted by atomic mass is 16.5. The Balaban J connectivity index is 3.92. The number of carbonyl (C=O) groups excluding carboxylic acids is 1. The molecule has 0 aliphatic heterocycles. The third-order valence-corrected chi connectivity index (χ3v) is 2.48. The summed E-state index contributed by atoms with van der Waals surface area (Å²) in [6.07, 6.45) is 1.63. The highest BCUT2D eigenvalue weighted by Crippen LogP contribution is 2.16. The monoisotopic (exact) mass is 230 g/mol. The number of carbonyl (C=O) groups is 1. The fourth-order valence-corrected chi connectivity index (χ4v) is 1.54. The van der Waals surface area contributed by atoms with Crippen LogP contribution in [0.4, 0.5) is 0 Å². The molecular formula is C12H26N2O2. The van der Waals surface area contributed by atoms with Gasteiger partial charge in [0.05, 0.1) is 5.60 Å². The largest absolute Gasteiger partial charge is 0.375 e. The van der Waals surface area contributed by atoms with Crippen molar-refractivity contribution in [2.24, 2.45) is 5.73 Å². The minimum absolute atomic E-state index is 0.00813. The number of hydrogen-bond acceptors (Lipinski definition) is 3. The predicted molar refractivity (Wildman–Crippen MR) is 66.2 cm³/mol. The van der Waals surface area contributed by atoms with Crippen LogP contribution in [0.5, 0.6) is 0 Å². The molecule has 0 unspecified atom stereocenters. The molecule has 4 nitrogen and oxygen atoms in total. The summed E-state index contributed by atoms with van der Waals surface area (Å²) in [5.41, 5.74) is 5.10. The average molecular weight is 230 g/mol. The molecule has 0 aromatic rings. The lowest BCUT2D eigenvalue weighted by molar-refractivity contribution is -0.120. The van der Waals surface area contributed by atoms with Gasteiger partial charge in [-0.25, -0.2) is 0 Å². The Morgan fingerprint density at radius 2 is 1.81 bits per heavy atom. The van der Waals surface area contributed by atoms with Crippen molar-refractivity contribution >= 4 is 5.91 Å². The van der Waals surface area contributed by atoms with E-state index in [1.165, 1.54) is 6.92 Å². The third-order valence-electron chi connectivity index (χ3n) is 2.48. The first-order valence-electron chi connectivity index (χ1n) is 5.81. The molecule has 0 heterocycles. The zero-order valence-corrected chi connectivity index (χ0v) is 11.2. The van der Waals surface area contributed by atoms with E-state index >= 15 is 0 Å². The summed E-state index contributed by atoms with van der Waals surface area (Å²) >= 11 is 0. The Labute approximate surface area is 98.9 Å². The highest BCUT2D eigenvalue weighted by Gasteiger charge is 2.22. The maximum Gasteiger partial charge on any atom is 0.217 e. The lowest BCUT2D eigenvalue weighted by atomic mass is 10.0. The molecule has 0 spiro atoms. The molecule has 0 bridgehead atoms. The zero-order chi connectivity index (χ0) is 12.8. The van der Waals surface area contributed by atoms with Crippen molar-refractivity contribution in [3.8, 4) is 0 Å². The lowest BCUT2D eigenvalue weighted by Crippen LogP contribution is -2.43. The molecule has 0 aromatic heterocycles. The Kier molecular flexibility index (Phi) is 5.97. The number of hydrogen-bond donors (Lipinski definition) is 2. The lowest BCUT2D eigenvalue weighted by Gasteiger charge is -2.29. The van der Waals surface area contributed by atoms with E-state index in [9.17, 15) is 4.79 Å². The molecule has 4 heteroatoms. The molecule has 0 saturated carbocycles. The van der Waals surface area contributed by atoms with Gasteiger partial charge < -0.3 is 15.8 Å². The van der Waals surface area contributed by atoms with Crippen LogP contribution in [-0.4, -0.2) is 30.2 Å². The third kappa shape index (κ3) is 7.65. The van der Waals surface area contributed by atoms with Crippen LogP contribution in [0.25, 0.3) is 0 Å². The molecule has 0 radical (unpaired) electrons. The fourth-order valence-electron chi connectivity index (χ4n) is 1.54. The number of nitrogens with two attached hydrogens (primary N) is 1. The van der Waals surface area contributed by atoms with Gasteiger partial charge in [0, 0.05) is 19.1 Å². The number of rotatable bonds is 7. The second-order valence-electron chi connectivity index (χ2n) is 5.46. The maximum atomic E-state index is 11.0. The summed E-state index contributed by atoms with van der Waals surface area (Å²) in [4.78, 5) is 11.0. The van der Waals surface area contributed by atoms with Gasteiger partial charge in [0.15, 0.2) is 0 Å². The minimum atomic E-state index is -0.218. The van der Waals surface area contributed by atoms with E-state index in [0.29, 0.717) is 13.2 Å². The van der Waals surface area contributed by atoms with E-state index < -0.39 is 0 Å². The summed E-state index contributed by atoms with van der Waals surface area (Å²) < 4.78 is 5.76. The van der Waals surface area contributed by atoms with E-state index in [2.05, 4.69) is 5.32 Å². The second kappa shape index (κ2) is 6.21. The molecule has 96 valence electrons. The molecule has 1 amide bonds. The van der Waals surface area contributed by atoms with E-state index in [4.69, 9.17) is 10.5 Å². The van der Waals surface area contributed by atoms with Crippen LogP contribution in [-0.2, 0) is 9.53 Å². The average Bonchev–Trinajstić information content (AvgIpc) is 1.99. The van der Waals surface area contributed by atoms with Gasteiger partial charge in [-0.2, -0.15) is 0 Å². The van der Waals surface area contributed by atoms with Crippen LogP contribution in [0.2, 0.25) is 0 Å². The first kappa shape index (κ1) is 15.4. The Morgan fingerprint density at radius 3 is 2.25 bits per heavy atom. The quantitative estimate of drug-likeness (QED) is 0.695. The topological polar surface area (TPSA) is 64.3 Å². The minimum Gasteiger partial charge on any atom is -0.375 e. The van der Waals surface area contributed by atoms with E-state index in [1.807, 2.05) is 27.7 Å². The van der Waals surface area contributed by atoms with Crippen molar-refractivity contribution in [1.82, 2.24) is 5.32 Å². The Bertz CT molecular complexity index is 225. The summed E-state index contributed by atoms with van der Waals surface area (Å²) in [7, 11) is 0. The van der Waals surface area contributed by atoms with Crippen LogP contribution in [0.15, 0.2) is 0 Å². The van der Waals surface area contributed by atoms with Crippen molar-refractivity contribution in [2.75, 3.05) is 13.2 Å². The summed E-state index contributed by atoms with van der Waals surface area (Å²) in [6.45, 7) is 10.8. The van der Waals surface area contributed by atoms with E-state index in [-0.39, 0.29) is 17.0 Å². The number of amides is 1. The Hall–Kier alpha value is -0.610. The van der Waals surface area contributed by atoms with Gasteiger partial charge in [0.2, 0.25) is 5.91 Å². The molecule has 0 saturated heterocycles. The number of nitrogens with one attached hydrogen (secondary N) is 1. The molecule has 0 aliphatic carbocycles. The van der Waals surface area contributed by atoms with Crippen molar-refractivity contribution in [3.63, 3.8) is 0 Å².